The Kier molecular flexibility index (Phi) is 5.48. The minimum absolute atomic E-state index is 0.0958. The van der Waals surface area contributed by atoms with Gasteiger partial charge >= 0.3 is 12.3 Å². The molecular weight excluding hydrogens is 247 g/mol. The van der Waals surface area contributed by atoms with Crippen molar-refractivity contribution < 1.29 is 22.7 Å². The normalized spacial score (nSPS) is 11.1. The first-order chi connectivity index (χ1) is 8.47. The minimum Gasteiger partial charge on any atom is -0.450 e. The van der Waals surface area contributed by atoms with Gasteiger partial charge in [0, 0.05) is 0 Å². The molecule has 1 aromatic rings. The van der Waals surface area contributed by atoms with Gasteiger partial charge < -0.3 is 10.1 Å². The molecule has 1 aromatic carbocycles. The molecule has 0 saturated carbocycles. The molecule has 0 aliphatic heterocycles. The number of carbonyl (C=O) groups is 1. The van der Waals surface area contributed by atoms with Gasteiger partial charge in [0.2, 0.25) is 0 Å². The van der Waals surface area contributed by atoms with Gasteiger partial charge in [-0.15, -0.1) is 0 Å². The highest BCUT2D eigenvalue weighted by molar-refractivity contribution is 5.67. The lowest BCUT2D eigenvalue weighted by Gasteiger charge is -2.09. The summed E-state index contributed by atoms with van der Waals surface area (Å²) in [6.45, 7) is -1.27. The average Bonchev–Trinajstić information content (AvgIpc) is 2.33. The second kappa shape index (κ2) is 6.88. The van der Waals surface area contributed by atoms with Crippen molar-refractivity contribution in [2.24, 2.45) is 0 Å². The number of alkyl carbamates (subject to hydrolysis) is 1. The number of hydrogen-bond acceptors (Lipinski definition) is 2. The van der Waals surface area contributed by atoms with E-state index in [-0.39, 0.29) is 6.61 Å². The number of amides is 1. The zero-order valence-corrected chi connectivity index (χ0v) is 9.67. The summed E-state index contributed by atoms with van der Waals surface area (Å²) in [4.78, 5) is 10.9. The van der Waals surface area contributed by atoms with E-state index >= 15 is 0 Å². The van der Waals surface area contributed by atoms with Crippen LogP contribution in [0, 0.1) is 0 Å². The first kappa shape index (κ1) is 14.3. The zero-order chi connectivity index (χ0) is 13.4. The average molecular weight is 261 g/mol. The van der Waals surface area contributed by atoms with Crippen LogP contribution >= 0.6 is 0 Å². The van der Waals surface area contributed by atoms with Crippen LogP contribution in [0.5, 0.6) is 0 Å². The van der Waals surface area contributed by atoms with Gasteiger partial charge in [-0.25, -0.2) is 4.79 Å². The Morgan fingerprint density at radius 3 is 2.50 bits per heavy atom. The molecule has 6 heteroatoms. The second-order valence-corrected chi connectivity index (χ2v) is 3.69. The molecule has 1 amide bonds. The predicted octanol–water partition coefficient (Wildman–Crippen LogP) is 2.91. The van der Waals surface area contributed by atoms with Crippen molar-refractivity contribution in [1.82, 2.24) is 5.32 Å². The Hall–Kier alpha value is -1.72. The topological polar surface area (TPSA) is 38.3 Å². The lowest BCUT2D eigenvalue weighted by Crippen LogP contribution is -2.34. The highest BCUT2D eigenvalue weighted by Crippen LogP contribution is 2.12. The molecule has 0 unspecified atom stereocenters. The Morgan fingerprint density at radius 2 is 1.89 bits per heavy atom. The van der Waals surface area contributed by atoms with Crippen LogP contribution in [-0.4, -0.2) is 25.4 Å². The maximum atomic E-state index is 11.8. The van der Waals surface area contributed by atoms with E-state index < -0.39 is 18.8 Å². The standard InChI is InChI=1S/C12H14F3NO2/c13-12(14,15)9-16-11(17)18-8-4-7-10-5-2-1-3-6-10/h1-3,5-6H,4,7-9H2,(H,16,17). The molecule has 0 fully saturated rings. The highest BCUT2D eigenvalue weighted by atomic mass is 19.4. The number of aryl methyl sites for hydroxylation is 1. The van der Waals surface area contributed by atoms with E-state index in [1.807, 2.05) is 30.3 Å². The third-order valence-electron chi connectivity index (χ3n) is 2.12. The van der Waals surface area contributed by atoms with E-state index in [9.17, 15) is 18.0 Å². The van der Waals surface area contributed by atoms with Crippen LogP contribution in [0.25, 0.3) is 0 Å². The van der Waals surface area contributed by atoms with E-state index in [0.717, 1.165) is 5.56 Å². The summed E-state index contributed by atoms with van der Waals surface area (Å²) in [5.74, 6) is 0. The van der Waals surface area contributed by atoms with Gasteiger partial charge in [0.05, 0.1) is 6.61 Å². The van der Waals surface area contributed by atoms with E-state index in [1.54, 1.807) is 5.32 Å². The van der Waals surface area contributed by atoms with Crippen molar-refractivity contribution in [2.45, 2.75) is 19.0 Å². The lowest BCUT2D eigenvalue weighted by atomic mass is 10.1. The molecule has 0 heterocycles. The summed E-state index contributed by atoms with van der Waals surface area (Å²) in [7, 11) is 0. The van der Waals surface area contributed by atoms with Crippen LogP contribution < -0.4 is 5.32 Å². The number of hydrogen-bond donors (Lipinski definition) is 1. The number of carbonyl (C=O) groups excluding carboxylic acids is 1. The number of rotatable bonds is 5. The summed E-state index contributed by atoms with van der Waals surface area (Å²) in [5.41, 5.74) is 1.09. The third-order valence-corrected chi connectivity index (χ3v) is 2.12. The van der Waals surface area contributed by atoms with Gasteiger partial charge in [0.25, 0.3) is 0 Å². The summed E-state index contributed by atoms with van der Waals surface area (Å²) in [5, 5.41) is 1.64. The fourth-order valence-electron chi connectivity index (χ4n) is 1.31. The predicted molar refractivity (Wildman–Crippen MR) is 60.2 cm³/mol. The molecule has 1 rings (SSSR count). The molecule has 3 nitrogen and oxygen atoms in total. The Morgan fingerprint density at radius 1 is 1.22 bits per heavy atom. The lowest BCUT2D eigenvalue weighted by molar-refractivity contribution is -0.123. The molecule has 0 radical (unpaired) electrons. The van der Waals surface area contributed by atoms with Crippen LogP contribution in [0.3, 0.4) is 0 Å². The number of nitrogens with one attached hydrogen (secondary N) is 1. The molecule has 18 heavy (non-hydrogen) atoms. The second-order valence-electron chi connectivity index (χ2n) is 3.69. The summed E-state index contributed by atoms with van der Waals surface area (Å²) in [6.07, 6.45) is -4.17. The molecule has 0 bridgehead atoms. The molecule has 0 aliphatic rings. The van der Waals surface area contributed by atoms with Gasteiger partial charge in [0.15, 0.2) is 0 Å². The molecule has 0 aliphatic carbocycles. The van der Waals surface area contributed by atoms with Crippen molar-refractivity contribution in [1.29, 1.82) is 0 Å². The van der Waals surface area contributed by atoms with Crippen molar-refractivity contribution in [3.05, 3.63) is 35.9 Å². The quantitative estimate of drug-likeness (QED) is 0.828. The minimum atomic E-state index is -4.41. The van der Waals surface area contributed by atoms with E-state index in [0.29, 0.717) is 12.8 Å². The molecule has 0 spiro atoms. The van der Waals surface area contributed by atoms with Crippen molar-refractivity contribution >= 4 is 6.09 Å². The summed E-state index contributed by atoms with van der Waals surface area (Å²) >= 11 is 0. The Balaban J connectivity index is 2.09. The summed E-state index contributed by atoms with van der Waals surface area (Å²) < 4.78 is 39.9. The maximum absolute atomic E-state index is 11.8. The number of halogens is 3. The third kappa shape index (κ3) is 6.78. The van der Waals surface area contributed by atoms with Gasteiger partial charge in [0.1, 0.15) is 6.54 Å². The van der Waals surface area contributed by atoms with Gasteiger partial charge in [-0.3, -0.25) is 0 Å². The first-order valence-corrected chi connectivity index (χ1v) is 5.49. The Labute approximate surface area is 103 Å². The molecule has 0 atom stereocenters. The fraction of sp³-hybridized carbons (Fsp3) is 0.417. The first-order valence-electron chi connectivity index (χ1n) is 5.49. The van der Waals surface area contributed by atoms with E-state index in [1.165, 1.54) is 0 Å². The van der Waals surface area contributed by atoms with Gasteiger partial charge in [-0.05, 0) is 18.4 Å². The highest BCUT2D eigenvalue weighted by Gasteiger charge is 2.27. The molecular formula is C12H14F3NO2. The van der Waals surface area contributed by atoms with Crippen molar-refractivity contribution in [3.8, 4) is 0 Å². The largest absolute Gasteiger partial charge is 0.450 e. The smallest absolute Gasteiger partial charge is 0.407 e. The number of alkyl halides is 3. The van der Waals surface area contributed by atoms with E-state index in [4.69, 9.17) is 0 Å². The molecule has 1 N–H and O–H groups in total. The zero-order valence-electron chi connectivity index (χ0n) is 9.67. The van der Waals surface area contributed by atoms with Gasteiger partial charge in [-0.2, -0.15) is 13.2 Å². The van der Waals surface area contributed by atoms with Crippen LogP contribution in [0.2, 0.25) is 0 Å². The Bertz CT molecular complexity index is 365. The van der Waals surface area contributed by atoms with Crippen molar-refractivity contribution in [3.63, 3.8) is 0 Å². The van der Waals surface area contributed by atoms with Gasteiger partial charge in [-0.1, -0.05) is 30.3 Å². The summed E-state index contributed by atoms with van der Waals surface area (Å²) in [6, 6.07) is 9.55. The number of ether oxygens (including phenoxy) is 1. The molecule has 100 valence electrons. The maximum Gasteiger partial charge on any atom is 0.407 e. The van der Waals surface area contributed by atoms with Crippen LogP contribution in [0.1, 0.15) is 12.0 Å². The number of benzene rings is 1. The fourth-order valence-corrected chi connectivity index (χ4v) is 1.31. The van der Waals surface area contributed by atoms with Crippen LogP contribution in [-0.2, 0) is 11.2 Å². The SMILES string of the molecule is O=C(NCC(F)(F)F)OCCCc1ccccc1. The van der Waals surface area contributed by atoms with Crippen molar-refractivity contribution in [2.75, 3.05) is 13.2 Å². The molecule has 0 saturated heterocycles. The van der Waals surface area contributed by atoms with E-state index in [2.05, 4.69) is 4.74 Å². The van der Waals surface area contributed by atoms with Crippen LogP contribution in [0.15, 0.2) is 30.3 Å². The molecule has 0 aromatic heterocycles. The monoisotopic (exact) mass is 261 g/mol. The van der Waals surface area contributed by atoms with Crippen LogP contribution in [0.4, 0.5) is 18.0 Å².